The van der Waals surface area contributed by atoms with Crippen molar-refractivity contribution in [3.8, 4) is 0 Å². The predicted octanol–water partition coefficient (Wildman–Crippen LogP) is 8.70. The summed E-state index contributed by atoms with van der Waals surface area (Å²) in [7, 11) is 0. The molecule has 5 rings (SSSR count). The lowest BCUT2D eigenvalue weighted by Crippen LogP contribution is -2.17. The topological polar surface area (TPSA) is 58.2 Å². The van der Waals surface area contributed by atoms with Gasteiger partial charge in [0.1, 0.15) is 0 Å². The van der Waals surface area contributed by atoms with Crippen LogP contribution in [0.25, 0.3) is 0 Å². The minimum Gasteiger partial charge on any atom is -0.322 e. The van der Waals surface area contributed by atoms with Gasteiger partial charge in [0.2, 0.25) is 0 Å². The van der Waals surface area contributed by atoms with E-state index < -0.39 is 35.3 Å². The second-order valence-electron chi connectivity index (χ2n) is 10.5. The van der Waals surface area contributed by atoms with Gasteiger partial charge in [-0.15, -0.1) is 0 Å². The van der Waals surface area contributed by atoms with Gasteiger partial charge in [-0.05, 0) is 109 Å². The predicted molar refractivity (Wildman–Crippen MR) is 151 cm³/mol. The molecule has 0 saturated carbocycles. The number of hydrogen-bond acceptors (Lipinski definition) is 2. The van der Waals surface area contributed by atoms with E-state index in [0.717, 1.165) is 55.5 Å². The Balaban J connectivity index is 1.46. The lowest BCUT2D eigenvalue weighted by molar-refractivity contribution is -0.138. The third-order valence-corrected chi connectivity index (χ3v) is 7.23. The van der Waals surface area contributed by atoms with E-state index in [9.17, 15) is 35.9 Å². The molecule has 222 valence electrons. The van der Waals surface area contributed by atoms with Gasteiger partial charge in [0.05, 0.1) is 11.1 Å². The highest BCUT2D eigenvalue weighted by Gasteiger charge is 2.31. The molecule has 0 aromatic heterocycles. The number of benzene rings is 4. The van der Waals surface area contributed by atoms with Gasteiger partial charge >= 0.3 is 12.4 Å². The number of nitrogens with one attached hydrogen (secondary N) is 2. The molecule has 0 fully saturated rings. The van der Waals surface area contributed by atoms with Gasteiger partial charge in [-0.3, -0.25) is 9.59 Å². The largest absolute Gasteiger partial charge is 0.416 e. The van der Waals surface area contributed by atoms with Crippen LogP contribution in [0.1, 0.15) is 66.9 Å². The number of alkyl halides is 6. The first-order chi connectivity index (χ1) is 20.3. The molecule has 1 aliphatic rings. The van der Waals surface area contributed by atoms with Crippen molar-refractivity contribution in [2.24, 2.45) is 0 Å². The first-order valence-corrected chi connectivity index (χ1v) is 13.6. The number of fused-ring (bicyclic) bond motifs is 1. The Morgan fingerprint density at radius 2 is 1.09 bits per heavy atom. The van der Waals surface area contributed by atoms with Crippen LogP contribution < -0.4 is 10.6 Å². The van der Waals surface area contributed by atoms with E-state index in [1.165, 1.54) is 41.5 Å². The first-order valence-electron chi connectivity index (χ1n) is 13.6. The summed E-state index contributed by atoms with van der Waals surface area (Å²) < 4.78 is 79.1. The number of carbonyl (C=O) groups excluding carboxylic acids is 2. The normalized spacial score (nSPS) is 13.3. The minimum atomic E-state index is -4.61. The van der Waals surface area contributed by atoms with Crippen molar-refractivity contribution in [1.82, 2.24) is 0 Å². The van der Waals surface area contributed by atoms with E-state index in [1.807, 2.05) is 6.07 Å². The second-order valence-corrected chi connectivity index (χ2v) is 10.5. The summed E-state index contributed by atoms with van der Waals surface area (Å²) in [5, 5.41) is 4.89. The second kappa shape index (κ2) is 11.9. The molecule has 2 amide bonds. The van der Waals surface area contributed by atoms with Crippen molar-refractivity contribution in [1.29, 1.82) is 0 Å². The fraction of sp³-hybridized carbons (Fsp3) is 0.212. The minimum absolute atomic E-state index is 0.00191. The number of amides is 2. The molecular weight excluding hydrogens is 570 g/mol. The van der Waals surface area contributed by atoms with Gasteiger partial charge in [-0.1, -0.05) is 30.3 Å². The van der Waals surface area contributed by atoms with Crippen molar-refractivity contribution in [2.45, 2.75) is 44.5 Å². The highest BCUT2D eigenvalue weighted by atomic mass is 19.4. The molecule has 4 aromatic carbocycles. The number of halogens is 6. The molecule has 43 heavy (non-hydrogen) atoms. The Morgan fingerprint density at radius 3 is 1.60 bits per heavy atom. The quantitative estimate of drug-likeness (QED) is 0.219. The van der Waals surface area contributed by atoms with Crippen molar-refractivity contribution in [2.75, 3.05) is 10.6 Å². The van der Waals surface area contributed by atoms with Gasteiger partial charge in [-0.2, -0.15) is 26.3 Å². The maximum absolute atomic E-state index is 13.2. The Bertz CT molecular complexity index is 1590. The van der Waals surface area contributed by atoms with E-state index in [2.05, 4.69) is 22.8 Å². The van der Waals surface area contributed by atoms with Crippen LogP contribution in [0, 0.1) is 0 Å². The third-order valence-electron chi connectivity index (χ3n) is 7.23. The average molecular weight is 597 g/mol. The van der Waals surface area contributed by atoms with Crippen LogP contribution in [0.2, 0.25) is 0 Å². The Hall–Kier alpha value is -4.60. The van der Waals surface area contributed by atoms with E-state index in [-0.39, 0.29) is 22.5 Å². The molecule has 0 radical (unpaired) electrons. The van der Waals surface area contributed by atoms with Crippen molar-refractivity contribution in [3.05, 3.63) is 129 Å². The summed E-state index contributed by atoms with van der Waals surface area (Å²) in [5.41, 5.74) is 1.99. The van der Waals surface area contributed by atoms with Crippen LogP contribution in [0.3, 0.4) is 0 Å². The number of aryl methyl sites for hydroxylation is 2. The van der Waals surface area contributed by atoms with Crippen molar-refractivity contribution in [3.63, 3.8) is 0 Å². The van der Waals surface area contributed by atoms with Crippen LogP contribution in [0.4, 0.5) is 37.7 Å². The molecule has 0 heterocycles. The summed E-state index contributed by atoms with van der Waals surface area (Å²) in [6, 6.07) is 18.8. The zero-order valence-corrected chi connectivity index (χ0v) is 22.7. The Kier molecular flexibility index (Phi) is 8.30. The number of anilines is 2. The van der Waals surface area contributed by atoms with E-state index in [0.29, 0.717) is 12.0 Å². The molecule has 0 unspecified atom stereocenters. The SMILES string of the molecule is O=C(Nc1cccc(C(F)(F)F)c1)c1cc(Cc2ccc3c(c2)CCCC3)cc(C(=O)Nc2cccc(C(F)(F)F)c2)c1. The van der Waals surface area contributed by atoms with E-state index in [1.54, 1.807) is 12.1 Å². The molecule has 0 atom stereocenters. The lowest BCUT2D eigenvalue weighted by atomic mass is 9.89. The fourth-order valence-corrected chi connectivity index (χ4v) is 5.14. The summed E-state index contributed by atoms with van der Waals surface area (Å²) in [6.07, 6.45) is -4.70. The van der Waals surface area contributed by atoms with E-state index in [4.69, 9.17) is 0 Å². The monoisotopic (exact) mass is 596 g/mol. The molecule has 0 bridgehead atoms. The van der Waals surface area contributed by atoms with Gasteiger partial charge in [0.15, 0.2) is 0 Å². The first kappa shape index (κ1) is 29.9. The van der Waals surface area contributed by atoms with Gasteiger partial charge < -0.3 is 10.6 Å². The maximum Gasteiger partial charge on any atom is 0.416 e. The summed E-state index contributed by atoms with van der Waals surface area (Å²) in [6.45, 7) is 0. The lowest BCUT2D eigenvalue weighted by Gasteiger charge is -2.17. The van der Waals surface area contributed by atoms with E-state index >= 15 is 0 Å². The molecule has 0 aliphatic heterocycles. The van der Waals surface area contributed by atoms with Crippen molar-refractivity contribution >= 4 is 23.2 Å². The van der Waals surface area contributed by atoms with Gasteiger partial charge in [0, 0.05) is 22.5 Å². The number of carbonyl (C=O) groups is 2. The molecule has 1 aliphatic carbocycles. The number of rotatable bonds is 6. The zero-order chi connectivity index (χ0) is 30.8. The summed E-state index contributed by atoms with van der Waals surface area (Å²) in [5.74, 6) is -1.50. The highest BCUT2D eigenvalue weighted by Crippen LogP contribution is 2.32. The van der Waals surface area contributed by atoms with Crippen molar-refractivity contribution < 1.29 is 35.9 Å². The molecule has 0 spiro atoms. The Labute approximate surface area is 243 Å². The maximum atomic E-state index is 13.2. The van der Waals surface area contributed by atoms with Crippen LogP contribution in [-0.2, 0) is 31.6 Å². The molecule has 0 saturated heterocycles. The number of hydrogen-bond donors (Lipinski definition) is 2. The zero-order valence-electron chi connectivity index (χ0n) is 22.7. The highest BCUT2D eigenvalue weighted by molar-refractivity contribution is 6.09. The standard InChI is InChI=1S/C33H26F6N2O2/c34-32(35,36)26-7-3-9-28(18-26)40-30(42)24-15-21(13-20-11-12-22-5-1-2-6-23(22)14-20)16-25(17-24)31(43)41-29-10-4-8-27(19-29)33(37,38)39/h3-4,7-12,14-19H,1-2,5-6,13H2,(H,40,42)(H,41,43). The Morgan fingerprint density at radius 1 is 0.581 bits per heavy atom. The third kappa shape index (κ3) is 7.43. The van der Waals surface area contributed by atoms with Crippen LogP contribution in [0.5, 0.6) is 0 Å². The molecule has 4 nitrogen and oxygen atoms in total. The van der Waals surface area contributed by atoms with Crippen LogP contribution in [0.15, 0.2) is 84.9 Å². The molecular formula is C33H26F6N2O2. The van der Waals surface area contributed by atoms with Crippen LogP contribution >= 0.6 is 0 Å². The summed E-state index contributed by atoms with van der Waals surface area (Å²) >= 11 is 0. The smallest absolute Gasteiger partial charge is 0.322 e. The fourth-order valence-electron chi connectivity index (χ4n) is 5.14. The summed E-state index contributed by atoms with van der Waals surface area (Å²) in [4.78, 5) is 26.4. The molecule has 4 aromatic rings. The van der Waals surface area contributed by atoms with Gasteiger partial charge in [-0.25, -0.2) is 0 Å². The van der Waals surface area contributed by atoms with Gasteiger partial charge in [0.25, 0.3) is 11.8 Å². The average Bonchev–Trinajstić information content (AvgIpc) is 2.96. The van der Waals surface area contributed by atoms with Crippen LogP contribution in [-0.4, -0.2) is 11.8 Å². The molecule has 10 heteroatoms. The molecule has 2 N–H and O–H groups in total.